The van der Waals surface area contributed by atoms with Crippen molar-refractivity contribution in [1.82, 2.24) is 9.97 Å². The molecule has 0 unspecified atom stereocenters. The molecule has 0 atom stereocenters. The lowest BCUT2D eigenvalue weighted by Gasteiger charge is -2.13. The zero-order valence-electron chi connectivity index (χ0n) is 11.6. The Morgan fingerprint density at radius 3 is 2.50 bits per heavy atom. The van der Waals surface area contributed by atoms with Crippen molar-refractivity contribution in [3.8, 4) is 11.5 Å². The lowest BCUT2D eigenvalue weighted by atomic mass is 10.2. The van der Waals surface area contributed by atoms with Crippen LogP contribution in [0.3, 0.4) is 0 Å². The molecule has 0 bridgehead atoms. The highest BCUT2D eigenvalue weighted by Crippen LogP contribution is 2.31. The third-order valence-electron chi connectivity index (χ3n) is 2.50. The van der Waals surface area contributed by atoms with E-state index < -0.39 is 0 Å². The summed E-state index contributed by atoms with van der Waals surface area (Å²) < 4.78 is 11.1. The minimum Gasteiger partial charge on any atom is -0.490 e. The number of hydrogen-bond acceptors (Lipinski definition) is 6. The van der Waals surface area contributed by atoms with Crippen molar-refractivity contribution in [3.05, 3.63) is 30.6 Å². The number of benzene rings is 1. The van der Waals surface area contributed by atoms with E-state index >= 15 is 0 Å². The second kappa shape index (κ2) is 6.60. The molecule has 0 spiro atoms. The van der Waals surface area contributed by atoms with Crippen molar-refractivity contribution in [2.75, 3.05) is 24.3 Å². The van der Waals surface area contributed by atoms with Crippen LogP contribution in [-0.2, 0) is 0 Å². The third-order valence-corrected chi connectivity index (χ3v) is 2.50. The van der Waals surface area contributed by atoms with Crippen molar-refractivity contribution >= 4 is 17.3 Å². The quantitative estimate of drug-likeness (QED) is 0.842. The smallest absolute Gasteiger partial charge is 0.163 e. The Bertz CT molecular complexity index is 575. The van der Waals surface area contributed by atoms with Crippen molar-refractivity contribution < 1.29 is 9.47 Å². The number of aromatic nitrogens is 2. The van der Waals surface area contributed by atoms with E-state index in [0.717, 1.165) is 11.4 Å². The maximum atomic E-state index is 5.62. The molecule has 0 fully saturated rings. The summed E-state index contributed by atoms with van der Waals surface area (Å²) in [7, 11) is 0. The van der Waals surface area contributed by atoms with Crippen molar-refractivity contribution in [1.29, 1.82) is 0 Å². The number of hydrogen-bond donors (Lipinski definition) is 2. The first-order valence-electron chi connectivity index (χ1n) is 6.47. The van der Waals surface area contributed by atoms with Crippen LogP contribution in [0.1, 0.15) is 13.8 Å². The lowest BCUT2D eigenvalue weighted by molar-refractivity contribution is 0.288. The number of nitrogen functional groups attached to an aromatic ring is 1. The van der Waals surface area contributed by atoms with Gasteiger partial charge in [-0.1, -0.05) is 0 Å². The average molecular weight is 274 g/mol. The molecule has 106 valence electrons. The van der Waals surface area contributed by atoms with E-state index in [-0.39, 0.29) is 0 Å². The van der Waals surface area contributed by atoms with Gasteiger partial charge in [0, 0.05) is 17.8 Å². The second-order valence-electron chi connectivity index (χ2n) is 3.98. The zero-order chi connectivity index (χ0) is 14.4. The predicted molar refractivity (Wildman–Crippen MR) is 78.5 cm³/mol. The molecule has 3 N–H and O–H groups in total. The van der Waals surface area contributed by atoms with Gasteiger partial charge in [0.05, 0.1) is 13.2 Å². The summed E-state index contributed by atoms with van der Waals surface area (Å²) in [5.74, 6) is 2.46. The Morgan fingerprint density at radius 2 is 1.80 bits per heavy atom. The number of ether oxygens (including phenoxy) is 2. The van der Waals surface area contributed by atoms with E-state index in [2.05, 4.69) is 15.3 Å². The Balaban J connectivity index is 2.22. The Morgan fingerprint density at radius 1 is 1.05 bits per heavy atom. The molecule has 2 aromatic rings. The maximum Gasteiger partial charge on any atom is 0.163 e. The monoisotopic (exact) mass is 274 g/mol. The summed E-state index contributed by atoms with van der Waals surface area (Å²) in [5, 5.41) is 3.15. The standard InChI is InChI=1S/C14H18N4O2/c1-3-19-11-6-5-10(7-12(11)20-4-2)18-14-8-13(15)16-9-17-14/h5-9H,3-4H2,1-2H3,(H3,15,16,17,18). The molecule has 0 radical (unpaired) electrons. The average Bonchev–Trinajstić information content (AvgIpc) is 2.42. The molecule has 2 rings (SSSR count). The van der Waals surface area contributed by atoms with E-state index in [4.69, 9.17) is 15.2 Å². The van der Waals surface area contributed by atoms with Crippen LogP contribution in [0.2, 0.25) is 0 Å². The number of rotatable bonds is 6. The molecule has 20 heavy (non-hydrogen) atoms. The lowest BCUT2D eigenvalue weighted by Crippen LogP contribution is -2.00. The van der Waals surface area contributed by atoms with Crippen LogP contribution in [0.15, 0.2) is 30.6 Å². The highest BCUT2D eigenvalue weighted by Gasteiger charge is 2.06. The maximum absolute atomic E-state index is 5.62. The van der Waals surface area contributed by atoms with E-state index in [1.807, 2.05) is 32.0 Å². The summed E-state index contributed by atoms with van der Waals surface area (Å²) >= 11 is 0. The van der Waals surface area contributed by atoms with E-state index in [1.165, 1.54) is 6.33 Å². The third kappa shape index (κ3) is 3.50. The summed E-state index contributed by atoms with van der Waals surface area (Å²) in [4.78, 5) is 7.94. The Labute approximate surface area is 118 Å². The topological polar surface area (TPSA) is 82.3 Å². The summed E-state index contributed by atoms with van der Waals surface area (Å²) in [6.07, 6.45) is 1.41. The number of anilines is 3. The molecule has 1 aromatic carbocycles. The Hall–Kier alpha value is -2.50. The first-order valence-corrected chi connectivity index (χ1v) is 6.47. The van der Waals surface area contributed by atoms with Crippen molar-refractivity contribution in [2.24, 2.45) is 0 Å². The van der Waals surface area contributed by atoms with Crippen LogP contribution in [0.25, 0.3) is 0 Å². The van der Waals surface area contributed by atoms with Gasteiger partial charge >= 0.3 is 0 Å². The fourth-order valence-electron chi connectivity index (χ4n) is 1.72. The largest absolute Gasteiger partial charge is 0.490 e. The van der Waals surface area contributed by atoms with Crippen LogP contribution >= 0.6 is 0 Å². The molecule has 0 saturated carbocycles. The van der Waals surface area contributed by atoms with E-state index in [0.29, 0.717) is 30.6 Å². The minimum atomic E-state index is 0.415. The predicted octanol–water partition coefficient (Wildman–Crippen LogP) is 2.60. The summed E-state index contributed by atoms with van der Waals surface area (Å²) in [6.45, 7) is 5.03. The van der Waals surface area contributed by atoms with Gasteiger partial charge in [-0.2, -0.15) is 0 Å². The van der Waals surface area contributed by atoms with Gasteiger partial charge in [0.2, 0.25) is 0 Å². The number of nitrogens with two attached hydrogens (primary N) is 1. The van der Waals surface area contributed by atoms with Crippen molar-refractivity contribution in [3.63, 3.8) is 0 Å². The normalized spacial score (nSPS) is 10.1. The van der Waals surface area contributed by atoms with Crippen LogP contribution in [0.4, 0.5) is 17.3 Å². The van der Waals surface area contributed by atoms with Gasteiger partial charge in [-0.05, 0) is 26.0 Å². The van der Waals surface area contributed by atoms with Crippen molar-refractivity contribution in [2.45, 2.75) is 13.8 Å². The van der Waals surface area contributed by atoms with Crippen LogP contribution in [-0.4, -0.2) is 23.2 Å². The molecule has 0 amide bonds. The molecule has 0 aliphatic carbocycles. The highest BCUT2D eigenvalue weighted by molar-refractivity contribution is 5.62. The molecule has 0 aliphatic heterocycles. The van der Waals surface area contributed by atoms with Crippen LogP contribution < -0.4 is 20.5 Å². The van der Waals surface area contributed by atoms with Gasteiger partial charge in [-0.25, -0.2) is 9.97 Å². The SMILES string of the molecule is CCOc1ccc(Nc2cc(N)ncn2)cc1OCC. The fraction of sp³-hybridized carbons (Fsp3) is 0.286. The van der Waals surface area contributed by atoms with Gasteiger partial charge < -0.3 is 20.5 Å². The van der Waals surface area contributed by atoms with Crippen LogP contribution in [0.5, 0.6) is 11.5 Å². The highest BCUT2D eigenvalue weighted by atomic mass is 16.5. The first kappa shape index (κ1) is 13.9. The van der Waals surface area contributed by atoms with E-state index in [9.17, 15) is 0 Å². The molecule has 6 nitrogen and oxygen atoms in total. The molecule has 0 saturated heterocycles. The van der Waals surface area contributed by atoms with Gasteiger partial charge in [0.15, 0.2) is 11.5 Å². The first-order chi connectivity index (χ1) is 9.72. The minimum absolute atomic E-state index is 0.415. The second-order valence-corrected chi connectivity index (χ2v) is 3.98. The van der Waals surface area contributed by atoms with Crippen LogP contribution in [0, 0.1) is 0 Å². The number of nitrogens with one attached hydrogen (secondary N) is 1. The number of nitrogens with zero attached hydrogens (tertiary/aromatic N) is 2. The fourth-order valence-corrected chi connectivity index (χ4v) is 1.72. The molecular weight excluding hydrogens is 256 g/mol. The molecular formula is C14H18N4O2. The Kier molecular flexibility index (Phi) is 4.60. The summed E-state index contributed by atoms with van der Waals surface area (Å²) in [5.41, 5.74) is 6.46. The zero-order valence-corrected chi connectivity index (χ0v) is 11.6. The van der Waals surface area contributed by atoms with Gasteiger partial charge in [0.1, 0.15) is 18.0 Å². The van der Waals surface area contributed by atoms with E-state index in [1.54, 1.807) is 6.07 Å². The summed E-state index contributed by atoms with van der Waals surface area (Å²) in [6, 6.07) is 7.29. The molecule has 0 aliphatic rings. The van der Waals surface area contributed by atoms with Gasteiger partial charge in [0.25, 0.3) is 0 Å². The molecule has 1 heterocycles. The van der Waals surface area contributed by atoms with Gasteiger partial charge in [-0.15, -0.1) is 0 Å². The molecule has 1 aromatic heterocycles. The molecule has 6 heteroatoms. The van der Waals surface area contributed by atoms with Gasteiger partial charge in [-0.3, -0.25) is 0 Å².